The second-order valence-electron chi connectivity index (χ2n) is 4.60. The molecule has 1 aliphatic rings. The molecule has 0 aliphatic heterocycles. The van der Waals surface area contributed by atoms with E-state index in [1.54, 1.807) is 14.2 Å². The first-order chi connectivity index (χ1) is 8.24. The third kappa shape index (κ3) is 3.23. The average molecular weight is 239 g/mol. The van der Waals surface area contributed by atoms with Crippen LogP contribution >= 0.6 is 0 Å². The summed E-state index contributed by atoms with van der Waals surface area (Å²) in [6.07, 6.45) is 3.58. The molecule has 0 amide bonds. The summed E-state index contributed by atoms with van der Waals surface area (Å²) in [6.45, 7) is 3.04. The number of aryl methyl sites for hydroxylation is 1. The zero-order valence-electron chi connectivity index (χ0n) is 10.8. The topological polar surface area (TPSA) is 64.9 Å². The zero-order valence-corrected chi connectivity index (χ0v) is 10.8. The number of hydrogen-bond acceptors (Lipinski definition) is 5. The van der Waals surface area contributed by atoms with Gasteiger partial charge < -0.3 is 10.1 Å². The number of nitrogens with zero attached hydrogens (tertiary/aromatic N) is 4. The van der Waals surface area contributed by atoms with Gasteiger partial charge in [-0.25, -0.2) is 0 Å². The summed E-state index contributed by atoms with van der Waals surface area (Å²) in [4.78, 5) is 1.50. The number of methoxy groups -OCH3 is 1. The fourth-order valence-electron chi connectivity index (χ4n) is 2.28. The SMILES string of the molecule is CCNC(Cc1nnn(C)n1)C(OC)C1CC1. The highest BCUT2D eigenvalue weighted by atomic mass is 16.5. The summed E-state index contributed by atoms with van der Waals surface area (Å²) < 4.78 is 5.62. The van der Waals surface area contributed by atoms with Gasteiger partial charge >= 0.3 is 0 Å². The van der Waals surface area contributed by atoms with Gasteiger partial charge in [-0.1, -0.05) is 6.92 Å². The first kappa shape index (κ1) is 12.4. The predicted molar refractivity (Wildman–Crippen MR) is 63.5 cm³/mol. The Bertz CT molecular complexity index is 349. The molecule has 0 bridgehead atoms. The molecule has 1 aliphatic carbocycles. The third-order valence-corrected chi connectivity index (χ3v) is 3.17. The third-order valence-electron chi connectivity index (χ3n) is 3.17. The first-order valence-corrected chi connectivity index (χ1v) is 6.23. The monoisotopic (exact) mass is 239 g/mol. The molecule has 17 heavy (non-hydrogen) atoms. The molecule has 1 aromatic rings. The van der Waals surface area contributed by atoms with Crippen LogP contribution in [0.15, 0.2) is 0 Å². The highest BCUT2D eigenvalue weighted by Crippen LogP contribution is 2.36. The van der Waals surface area contributed by atoms with Gasteiger partial charge in [0.1, 0.15) is 0 Å². The summed E-state index contributed by atoms with van der Waals surface area (Å²) in [5, 5.41) is 15.6. The van der Waals surface area contributed by atoms with Crippen LogP contribution in [0, 0.1) is 5.92 Å². The smallest absolute Gasteiger partial charge is 0.176 e. The number of ether oxygens (including phenoxy) is 1. The van der Waals surface area contributed by atoms with Crippen molar-refractivity contribution in [3.63, 3.8) is 0 Å². The zero-order chi connectivity index (χ0) is 12.3. The minimum absolute atomic E-state index is 0.263. The van der Waals surface area contributed by atoms with Gasteiger partial charge in [0.2, 0.25) is 0 Å². The van der Waals surface area contributed by atoms with Crippen LogP contribution in [0.3, 0.4) is 0 Å². The fourth-order valence-corrected chi connectivity index (χ4v) is 2.28. The molecule has 2 unspecified atom stereocenters. The van der Waals surface area contributed by atoms with Crippen LogP contribution < -0.4 is 5.32 Å². The molecular weight excluding hydrogens is 218 g/mol. The standard InChI is InChI=1S/C11H21N5O/c1-4-12-9(11(17-3)8-5-6-8)7-10-13-15-16(2)14-10/h8-9,11-12H,4-7H2,1-3H3. The highest BCUT2D eigenvalue weighted by Gasteiger charge is 2.37. The molecule has 6 nitrogen and oxygen atoms in total. The Morgan fingerprint density at radius 2 is 2.29 bits per heavy atom. The molecule has 0 aromatic carbocycles. The number of likely N-dealkylation sites (N-methyl/N-ethyl adjacent to an activating group) is 1. The molecule has 1 fully saturated rings. The van der Waals surface area contributed by atoms with Crippen molar-refractivity contribution in [2.75, 3.05) is 13.7 Å². The lowest BCUT2D eigenvalue weighted by molar-refractivity contribution is 0.0510. The molecule has 1 saturated carbocycles. The van der Waals surface area contributed by atoms with Crippen LogP contribution in [-0.4, -0.2) is 46.0 Å². The van der Waals surface area contributed by atoms with Gasteiger partial charge in [0, 0.05) is 19.6 Å². The number of hydrogen-bond donors (Lipinski definition) is 1. The molecule has 0 spiro atoms. The van der Waals surface area contributed by atoms with Crippen molar-refractivity contribution in [1.29, 1.82) is 0 Å². The van der Waals surface area contributed by atoms with Crippen LogP contribution in [0.2, 0.25) is 0 Å². The quantitative estimate of drug-likeness (QED) is 0.734. The average Bonchev–Trinajstić information content (AvgIpc) is 3.04. The van der Waals surface area contributed by atoms with E-state index in [0.29, 0.717) is 5.92 Å². The van der Waals surface area contributed by atoms with Crippen LogP contribution in [-0.2, 0) is 18.2 Å². The Kier molecular flexibility index (Phi) is 4.06. The Hall–Kier alpha value is -1.01. The van der Waals surface area contributed by atoms with Crippen LogP contribution in [0.1, 0.15) is 25.6 Å². The normalized spacial score (nSPS) is 19.2. The summed E-state index contributed by atoms with van der Waals surface area (Å²) in [5.74, 6) is 1.47. The molecule has 0 saturated heterocycles. The summed E-state index contributed by atoms with van der Waals surface area (Å²) in [7, 11) is 3.57. The van der Waals surface area contributed by atoms with Gasteiger partial charge in [0.15, 0.2) is 5.82 Å². The van der Waals surface area contributed by atoms with Gasteiger partial charge in [-0.2, -0.15) is 4.80 Å². The van der Waals surface area contributed by atoms with E-state index in [-0.39, 0.29) is 12.1 Å². The van der Waals surface area contributed by atoms with Gasteiger partial charge in [0.05, 0.1) is 13.2 Å². The second kappa shape index (κ2) is 5.55. The Balaban J connectivity index is 2.00. The van der Waals surface area contributed by atoms with Crippen molar-refractivity contribution in [2.24, 2.45) is 13.0 Å². The second-order valence-corrected chi connectivity index (χ2v) is 4.60. The molecule has 1 heterocycles. The first-order valence-electron chi connectivity index (χ1n) is 6.23. The summed E-state index contributed by atoms with van der Waals surface area (Å²) >= 11 is 0. The van der Waals surface area contributed by atoms with E-state index < -0.39 is 0 Å². The number of nitrogens with one attached hydrogen (secondary N) is 1. The number of aromatic nitrogens is 4. The minimum Gasteiger partial charge on any atom is -0.380 e. The molecule has 1 N–H and O–H groups in total. The Morgan fingerprint density at radius 1 is 1.53 bits per heavy atom. The van der Waals surface area contributed by atoms with Gasteiger partial charge in [-0.05, 0) is 30.5 Å². The highest BCUT2D eigenvalue weighted by molar-refractivity contribution is 4.95. The maximum atomic E-state index is 5.62. The molecular formula is C11H21N5O. The van der Waals surface area contributed by atoms with E-state index in [4.69, 9.17) is 4.74 Å². The lowest BCUT2D eigenvalue weighted by Gasteiger charge is -2.25. The fraction of sp³-hybridized carbons (Fsp3) is 0.909. The number of tetrazole rings is 1. The Morgan fingerprint density at radius 3 is 2.76 bits per heavy atom. The van der Waals surface area contributed by atoms with E-state index in [1.807, 2.05) is 0 Å². The predicted octanol–water partition coefficient (Wildman–Crippen LogP) is 0.156. The molecule has 2 atom stereocenters. The maximum absolute atomic E-state index is 5.62. The maximum Gasteiger partial charge on any atom is 0.176 e. The van der Waals surface area contributed by atoms with Crippen molar-refractivity contribution in [3.05, 3.63) is 5.82 Å². The van der Waals surface area contributed by atoms with Crippen molar-refractivity contribution in [3.8, 4) is 0 Å². The largest absolute Gasteiger partial charge is 0.380 e. The molecule has 6 heteroatoms. The van der Waals surface area contributed by atoms with Gasteiger partial charge in [0.25, 0.3) is 0 Å². The number of rotatable bonds is 7. The molecule has 96 valence electrons. The minimum atomic E-state index is 0.263. The lowest BCUT2D eigenvalue weighted by atomic mass is 10.0. The molecule has 2 rings (SSSR count). The van der Waals surface area contributed by atoms with Gasteiger partial charge in [-0.3, -0.25) is 0 Å². The van der Waals surface area contributed by atoms with E-state index >= 15 is 0 Å². The van der Waals surface area contributed by atoms with Crippen molar-refractivity contribution < 1.29 is 4.74 Å². The summed E-state index contributed by atoms with van der Waals surface area (Å²) in [6, 6.07) is 0.279. The van der Waals surface area contributed by atoms with E-state index in [9.17, 15) is 0 Å². The van der Waals surface area contributed by atoms with Gasteiger partial charge in [-0.15, -0.1) is 10.2 Å². The van der Waals surface area contributed by atoms with Crippen molar-refractivity contribution in [1.82, 2.24) is 25.5 Å². The Labute approximate surface area is 102 Å². The van der Waals surface area contributed by atoms with Crippen LogP contribution in [0.4, 0.5) is 0 Å². The molecule has 1 aromatic heterocycles. The van der Waals surface area contributed by atoms with Crippen molar-refractivity contribution >= 4 is 0 Å². The van der Waals surface area contributed by atoms with E-state index in [2.05, 4.69) is 27.7 Å². The van der Waals surface area contributed by atoms with E-state index in [1.165, 1.54) is 17.6 Å². The van der Waals surface area contributed by atoms with Crippen LogP contribution in [0.5, 0.6) is 0 Å². The van der Waals surface area contributed by atoms with Crippen LogP contribution in [0.25, 0.3) is 0 Å². The molecule has 0 radical (unpaired) electrons. The van der Waals surface area contributed by atoms with E-state index in [0.717, 1.165) is 18.8 Å². The lowest BCUT2D eigenvalue weighted by Crippen LogP contribution is -2.44. The summed E-state index contributed by atoms with van der Waals surface area (Å²) in [5.41, 5.74) is 0. The van der Waals surface area contributed by atoms with Crippen molar-refractivity contribution in [2.45, 2.75) is 38.3 Å².